The lowest BCUT2D eigenvalue weighted by atomic mass is 9.96. The summed E-state index contributed by atoms with van der Waals surface area (Å²) in [6.45, 7) is -0.535. The Morgan fingerprint density at radius 3 is 2.84 bits per heavy atom. The van der Waals surface area contributed by atoms with E-state index in [1.807, 2.05) is 24.3 Å². The SMILES string of the molecule is N#Cc1cncc(COc2cc(O[C@H]3CCc4c(-c5ccc6c(c5F)OCO6)cccc43)c(Cl)cc2CN[C@@H](CO)C(=O)O)c1. The number of ether oxygens (including phenoxy) is 4. The van der Waals surface area contributed by atoms with E-state index in [2.05, 4.69) is 10.3 Å². The molecule has 230 valence electrons. The van der Waals surface area contributed by atoms with Crippen molar-refractivity contribution in [1.82, 2.24) is 10.3 Å². The minimum atomic E-state index is -1.20. The first kappa shape index (κ1) is 30.1. The average molecular weight is 632 g/mol. The summed E-state index contributed by atoms with van der Waals surface area (Å²) in [7, 11) is 0. The van der Waals surface area contributed by atoms with Crippen molar-refractivity contribution >= 4 is 17.6 Å². The number of aliphatic hydroxyl groups excluding tert-OH is 1. The fourth-order valence-electron chi connectivity index (χ4n) is 5.48. The van der Waals surface area contributed by atoms with E-state index in [1.54, 1.807) is 36.5 Å². The Morgan fingerprint density at radius 1 is 1.18 bits per heavy atom. The molecule has 1 aliphatic carbocycles. The van der Waals surface area contributed by atoms with Crippen molar-refractivity contribution in [2.45, 2.75) is 38.1 Å². The highest BCUT2D eigenvalue weighted by Gasteiger charge is 2.30. The molecule has 10 nitrogen and oxygen atoms in total. The van der Waals surface area contributed by atoms with Crippen LogP contribution in [-0.2, 0) is 24.4 Å². The Balaban J connectivity index is 1.28. The van der Waals surface area contributed by atoms with Gasteiger partial charge in [0.25, 0.3) is 0 Å². The van der Waals surface area contributed by atoms with E-state index in [0.717, 1.165) is 16.7 Å². The number of aliphatic hydroxyl groups is 1. The highest BCUT2D eigenvalue weighted by atomic mass is 35.5. The molecule has 2 atom stereocenters. The molecule has 0 fully saturated rings. The monoisotopic (exact) mass is 631 g/mol. The van der Waals surface area contributed by atoms with Gasteiger partial charge >= 0.3 is 5.97 Å². The maximum Gasteiger partial charge on any atom is 0.323 e. The largest absolute Gasteiger partial charge is 0.488 e. The topological polar surface area (TPSA) is 143 Å². The maximum atomic E-state index is 15.4. The number of nitrogens with one attached hydrogen (secondary N) is 1. The van der Waals surface area contributed by atoms with Gasteiger partial charge in [-0.2, -0.15) is 5.26 Å². The average Bonchev–Trinajstić information content (AvgIpc) is 3.70. The third kappa shape index (κ3) is 6.21. The second kappa shape index (κ2) is 13.0. The second-order valence-electron chi connectivity index (χ2n) is 10.5. The van der Waals surface area contributed by atoms with E-state index in [4.69, 9.17) is 30.5 Å². The number of nitriles is 1. The molecule has 1 aromatic heterocycles. The molecule has 0 bridgehead atoms. The van der Waals surface area contributed by atoms with Crippen molar-refractivity contribution in [3.05, 3.63) is 99.6 Å². The van der Waals surface area contributed by atoms with Crippen molar-refractivity contribution < 1.29 is 38.3 Å². The number of hydrogen-bond acceptors (Lipinski definition) is 9. The maximum absolute atomic E-state index is 15.4. The Hall–Kier alpha value is -4.89. The molecule has 0 amide bonds. The summed E-state index contributed by atoms with van der Waals surface area (Å²) >= 11 is 6.68. The van der Waals surface area contributed by atoms with Crippen LogP contribution in [0.2, 0.25) is 5.02 Å². The van der Waals surface area contributed by atoms with E-state index in [1.165, 1.54) is 6.20 Å². The van der Waals surface area contributed by atoms with Crippen LogP contribution in [0.1, 0.15) is 40.3 Å². The summed E-state index contributed by atoms with van der Waals surface area (Å²) in [5.41, 5.74) is 4.59. The van der Waals surface area contributed by atoms with Crippen LogP contribution in [0.3, 0.4) is 0 Å². The zero-order valence-corrected chi connectivity index (χ0v) is 24.5. The molecule has 0 saturated heterocycles. The molecule has 2 aliphatic rings. The second-order valence-corrected chi connectivity index (χ2v) is 10.9. The van der Waals surface area contributed by atoms with Gasteiger partial charge in [0.2, 0.25) is 12.5 Å². The van der Waals surface area contributed by atoms with Gasteiger partial charge in [0.05, 0.1) is 17.2 Å². The number of hydrogen-bond donors (Lipinski definition) is 3. The van der Waals surface area contributed by atoms with E-state index in [-0.39, 0.29) is 36.8 Å². The van der Waals surface area contributed by atoms with Gasteiger partial charge in [-0.15, -0.1) is 0 Å². The lowest BCUT2D eigenvalue weighted by Gasteiger charge is -2.20. The molecule has 12 heteroatoms. The van der Waals surface area contributed by atoms with Gasteiger partial charge < -0.3 is 29.2 Å². The van der Waals surface area contributed by atoms with Crippen LogP contribution in [0.4, 0.5) is 4.39 Å². The Morgan fingerprint density at radius 2 is 2.04 bits per heavy atom. The number of halogens is 2. The summed E-state index contributed by atoms with van der Waals surface area (Å²) in [5.74, 6) is -0.493. The van der Waals surface area contributed by atoms with Crippen LogP contribution in [0, 0.1) is 17.1 Å². The van der Waals surface area contributed by atoms with Gasteiger partial charge in [0.1, 0.15) is 36.3 Å². The molecule has 0 spiro atoms. The molecule has 0 saturated carbocycles. The zero-order valence-electron chi connectivity index (χ0n) is 23.8. The molecule has 2 heterocycles. The number of carboxylic acid groups (broad SMARTS) is 1. The third-order valence-electron chi connectivity index (χ3n) is 7.71. The van der Waals surface area contributed by atoms with Crippen molar-refractivity contribution in [1.29, 1.82) is 5.26 Å². The van der Waals surface area contributed by atoms with Gasteiger partial charge in [0, 0.05) is 41.7 Å². The standard InChI is InChI=1S/C33H27ClFN3O7/c34-25-9-20(14-38-26(15-39)33(40)41)29(42-16-19-8-18(11-36)12-37-13-19)10-30(25)45-27-6-4-22-21(2-1-3-23(22)27)24-5-7-28-32(31(24)35)44-17-43-28/h1-3,5,7-10,12-13,26-27,38-39H,4,6,14-17H2,(H,40,41)/t26-,27-/m0/s1. The van der Waals surface area contributed by atoms with Gasteiger partial charge in [-0.05, 0) is 53.8 Å². The van der Waals surface area contributed by atoms with Crippen LogP contribution in [0.5, 0.6) is 23.0 Å². The summed E-state index contributed by atoms with van der Waals surface area (Å²) in [4.78, 5) is 15.5. The molecular formula is C33H27ClFN3O7. The smallest absolute Gasteiger partial charge is 0.323 e. The van der Waals surface area contributed by atoms with Crippen molar-refractivity contribution in [3.8, 4) is 40.2 Å². The molecule has 0 radical (unpaired) electrons. The summed E-state index contributed by atoms with van der Waals surface area (Å²) in [5, 5.41) is 31.1. The van der Waals surface area contributed by atoms with Crippen molar-refractivity contribution in [2.24, 2.45) is 0 Å². The first-order chi connectivity index (χ1) is 21.9. The van der Waals surface area contributed by atoms with Gasteiger partial charge in [-0.3, -0.25) is 15.1 Å². The van der Waals surface area contributed by atoms with Crippen LogP contribution in [0.25, 0.3) is 11.1 Å². The molecule has 45 heavy (non-hydrogen) atoms. The predicted molar refractivity (Wildman–Crippen MR) is 160 cm³/mol. The van der Waals surface area contributed by atoms with E-state index >= 15 is 4.39 Å². The molecular weight excluding hydrogens is 605 g/mol. The minimum absolute atomic E-state index is 0.0233. The lowest BCUT2D eigenvalue weighted by Crippen LogP contribution is -2.39. The molecule has 4 aromatic rings. The Bertz CT molecular complexity index is 1810. The summed E-state index contributed by atoms with van der Waals surface area (Å²) < 4.78 is 38.6. The van der Waals surface area contributed by atoms with Gasteiger partial charge in [0.15, 0.2) is 11.6 Å². The Labute approximate surface area is 262 Å². The van der Waals surface area contributed by atoms with Crippen LogP contribution < -0.4 is 24.3 Å². The van der Waals surface area contributed by atoms with Crippen molar-refractivity contribution in [2.75, 3.05) is 13.4 Å². The fraction of sp³-hybridized carbons (Fsp3) is 0.242. The van der Waals surface area contributed by atoms with Crippen LogP contribution in [-0.4, -0.2) is 40.6 Å². The highest BCUT2D eigenvalue weighted by Crippen LogP contribution is 2.45. The van der Waals surface area contributed by atoms with Crippen molar-refractivity contribution in [3.63, 3.8) is 0 Å². The number of carboxylic acids is 1. The quantitative estimate of drug-likeness (QED) is 0.199. The number of aliphatic carboxylic acids is 1. The highest BCUT2D eigenvalue weighted by molar-refractivity contribution is 6.32. The molecule has 3 aromatic carbocycles. The van der Waals surface area contributed by atoms with Gasteiger partial charge in [-0.1, -0.05) is 29.8 Å². The lowest BCUT2D eigenvalue weighted by molar-refractivity contribution is -0.140. The number of pyridine rings is 1. The first-order valence-electron chi connectivity index (χ1n) is 14.1. The minimum Gasteiger partial charge on any atom is -0.488 e. The normalized spacial score (nSPS) is 15.3. The number of fused-ring (bicyclic) bond motifs is 2. The number of carbonyl (C=O) groups is 1. The van der Waals surface area contributed by atoms with Crippen LogP contribution in [0.15, 0.2) is 60.9 Å². The number of rotatable bonds is 11. The number of aromatic nitrogens is 1. The zero-order chi connectivity index (χ0) is 31.5. The molecule has 0 unspecified atom stereocenters. The molecule has 3 N–H and O–H groups in total. The third-order valence-corrected chi connectivity index (χ3v) is 8.00. The van der Waals surface area contributed by atoms with E-state index in [9.17, 15) is 20.3 Å². The Kier molecular flexibility index (Phi) is 8.71. The fourth-order valence-corrected chi connectivity index (χ4v) is 5.71. The van der Waals surface area contributed by atoms with E-state index < -0.39 is 24.4 Å². The van der Waals surface area contributed by atoms with Gasteiger partial charge in [-0.25, -0.2) is 4.39 Å². The predicted octanol–water partition coefficient (Wildman–Crippen LogP) is 5.32. The number of benzene rings is 3. The summed E-state index contributed by atoms with van der Waals surface area (Å²) in [6, 6.07) is 14.8. The van der Waals surface area contributed by atoms with Crippen LogP contribution >= 0.6 is 11.6 Å². The molecule has 1 aliphatic heterocycles. The first-order valence-corrected chi connectivity index (χ1v) is 14.5. The molecule has 6 rings (SSSR count). The number of nitrogens with zero attached hydrogens (tertiary/aromatic N) is 2. The summed E-state index contributed by atoms with van der Waals surface area (Å²) in [6.07, 6.45) is 3.91. The van der Waals surface area contributed by atoms with E-state index in [0.29, 0.717) is 52.3 Å².